The van der Waals surface area contributed by atoms with E-state index in [2.05, 4.69) is 10.2 Å². The summed E-state index contributed by atoms with van der Waals surface area (Å²) in [6.07, 6.45) is 1.67. The van der Waals surface area contributed by atoms with Crippen molar-refractivity contribution in [1.29, 1.82) is 0 Å². The second-order valence-corrected chi connectivity index (χ2v) is 6.22. The third-order valence-corrected chi connectivity index (χ3v) is 4.36. The lowest BCUT2D eigenvalue weighted by molar-refractivity contribution is 0.0525. The summed E-state index contributed by atoms with van der Waals surface area (Å²) in [5, 5.41) is 8.04. The predicted molar refractivity (Wildman–Crippen MR) is 95.9 cm³/mol. The molecule has 26 heavy (non-hydrogen) atoms. The molecule has 0 saturated carbocycles. The topological polar surface area (TPSA) is 73.8 Å². The summed E-state index contributed by atoms with van der Waals surface area (Å²) in [6, 6.07) is 8.86. The number of hydrogen-bond acceptors (Lipinski definition) is 6. The minimum Gasteiger partial charge on any atom is -0.493 e. The lowest BCUT2D eigenvalue weighted by atomic mass is 10.1. The van der Waals surface area contributed by atoms with E-state index in [9.17, 15) is 4.79 Å². The van der Waals surface area contributed by atoms with E-state index in [-0.39, 0.29) is 12.0 Å². The number of likely N-dealkylation sites (tertiary alicyclic amines) is 1. The Bertz CT molecular complexity index is 764. The molecule has 2 heterocycles. The van der Waals surface area contributed by atoms with Crippen molar-refractivity contribution in [3.05, 3.63) is 41.6 Å². The van der Waals surface area contributed by atoms with Gasteiger partial charge in [0.1, 0.15) is 6.10 Å². The number of rotatable bonds is 5. The third-order valence-electron chi connectivity index (χ3n) is 4.36. The zero-order chi connectivity index (χ0) is 18.5. The predicted octanol–water partition coefficient (Wildman–Crippen LogP) is 2.49. The Hall–Kier alpha value is -2.83. The van der Waals surface area contributed by atoms with Gasteiger partial charge >= 0.3 is 0 Å². The fourth-order valence-corrected chi connectivity index (χ4v) is 2.99. The number of aryl methyl sites for hydroxylation is 1. The zero-order valence-corrected chi connectivity index (χ0v) is 15.3. The van der Waals surface area contributed by atoms with Gasteiger partial charge in [-0.25, -0.2) is 0 Å². The average Bonchev–Trinajstić information content (AvgIpc) is 2.69. The van der Waals surface area contributed by atoms with Crippen LogP contribution < -0.4 is 14.2 Å². The SMILES string of the molecule is COc1ccc(C(=O)N2CCCC(Oc3ccc(C)nn3)C2)cc1OC. The largest absolute Gasteiger partial charge is 0.493 e. The van der Waals surface area contributed by atoms with Gasteiger partial charge in [0, 0.05) is 18.2 Å². The number of benzene rings is 1. The van der Waals surface area contributed by atoms with Gasteiger partial charge in [-0.15, -0.1) is 5.10 Å². The maximum Gasteiger partial charge on any atom is 0.254 e. The highest BCUT2D eigenvalue weighted by Crippen LogP contribution is 2.28. The lowest BCUT2D eigenvalue weighted by Crippen LogP contribution is -2.44. The highest BCUT2D eigenvalue weighted by Gasteiger charge is 2.26. The molecular weight excluding hydrogens is 334 g/mol. The monoisotopic (exact) mass is 357 g/mol. The maximum atomic E-state index is 12.9. The molecule has 1 aliphatic heterocycles. The second kappa shape index (κ2) is 8.03. The number of ether oxygens (including phenoxy) is 3. The molecule has 0 radical (unpaired) electrons. The van der Waals surface area contributed by atoms with E-state index in [0.717, 1.165) is 18.5 Å². The van der Waals surface area contributed by atoms with Gasteiger partial charge in [-0.05, 0) is 44.0 Å². The molecule has 2 aromatic rings. The summed E-state index contributed by atoms with van der Waals surface area (Å²) < 4.78 is 16.4. The summed E-state index contributed by atoms with van der Waals surface area (Å²) >= 11 is 0. The number of methoxy groups -OCH3 is 2. The average molecular weight is 357 g/mol. The van der Waals surface area contributed by atoms with Crippen molar-refractivity contribution < 1.29 is 19.0 Å². The molecule has 1 atom stereocenters. The Morgan fingerprint density at radius 1 is 1.12 bits per heavy atom. The zero-order valence-electron chi connectivity index (χ0n) is 15.3. The molecule has 0 aliphatic carbocycles. The third kappa shape index (κ3) is 4.04. The van der Waals surface area contributed by atoms with E-state index < -0.39 is 0 Å². The molecule has 7 heteroatoms. The molecule has 7 nitrogen and oxygen atoms in total. The summed E-state index contributed by atoms with van der Waals surface area (Å²) in [5.74, 6) is 1.58. The molecule has 0 spiro atoms. The first-order chi connectivity index (χ1) is 12.6. The number of nitrogens with zero attached hydrogens (tertiary/aromatic N) is 3. The van der Waals surface area contributed by atoms with Gasteiger partial charge in [0.05, 0.1) is 26.5 Å². The first-order valence-corrected chi connectivity index (χ1v) is 8.59. The van der Waals surface area contributed by atoms with Crippen LogP contribution in [0.5, 0.6) is 17.4 Å². The number of aromatic nitrogens is 2. The second-order valence-electron chi connectivity index (χ2n) is 6.22. The minimum absolute atomic E-state index is 0.0470. The number of carbonyl (C=O) groups is 1. The summed E-state index contributed by atoms with van der Waals surface area (Å²) in [4.78, 5) is 14.7. The number of amides is 1. The quantitative estimate of drug-likeness (QED) is 0.818. The van der Waals surface area contributed by atoms with Gasteiger partial charge in [0.2, 0.25) is 5.88 Å². The van der Waals surface area contributed by atoms with E-state index in [4.69, 9.17) is 14.2 Å². The van der Waals surface area contributed by atoms with Gasteiger partial charge in [0.15, 0.2) is 11.5 Å². The molecule has 0 N–H and O–H groups in total. The van der Waals surface area contributed by atoms with Gasteiger partial charge in [0.25, 0.3) is 5.91 Å². The Labute approximate surface area is 152 Å². The highest BCUT2D eigenvalue weighted by atomic mass is 16.5. The number of hydrogen-bond donors (Lipinski definition) is 0. The molecule has 0 bridgehead atoms. The van der Waals surface area contributed by atoms with Crippen LogP contribution in [0.2, 0.25) is 0 Å². The summed E-state index contributed by atoms with van der Waals surface area (Å²) in [5.41, 5.74) is 1.41. The van der Waals surface area contributed by atoms with Gasteiger partial charge in [-0.3, -0.25) is 4.79 Å². The molecule has 1 aromatic carbocycles. The van der Waals surface area contributed by atoms with Crippen LogP contribution in [0.4, 0.5) is 0 Å². The van der Waals surface area contributed by atoms with Gasteiger partial charge < -0.3 is 19.1 Å². The molecule has 1 aromatic heterocycles. The molecule has 1 aliphatic rings. The van der Waals surface area contributed by atoms with Crippen LogP contribution in [-0.2, 0) is 0 Å². The van der Waals surface area contributed by atoms with E-state index in [1.165, 1.54) is 0 Å². The van der Waals surface area contributed by atoms with Crippen LogP contribution in [0.1, 0.15) is 28.9 Å². The van der Waals surface area contributed by atoms with E-state index in [1.54, 1.807) is 43.4 Å². The normalized spacial score (nSPS) is 16.9. The summed E-state index contributed by atoms with van der Waals surface area (Å²) in [6.45, 7) is 3.09. The Morgan fingerprint density at radius 3 is 2.62 bits per heavy atom. The number of piperidine rings is 1. The van der Waals surface area contributed by atoms with Gasteiger partial charge in [-0.2, -0.15) is 5.10 Å². The van der Waals surface area contributed by atoms with Crippen LogP contribution in [0.15, 0.2) is 30.3 Å². The maximum absolute atomic E-state index is 12.9. The van der Waals surface area contributed by atoms with Crippen LogP contribution in [0.25, 0.3) is 0 Å². The van der Waals surface area contributed by atoms with E-state index in [1.807, 2.05) is 13.0 Å². The molecule has 1 amide bonds. The fraction of sp³-hybridized carbons (Fsp3) is 0.421. The van der Waals surface area contributed by atoms with Crippen molar-refractivity contribution in [2.75, 3.05) is 27.3 Å². The fourth-order valence-electron chi connectivity index (χ4n) is 2.99. The highest BCUT2D eigenvalue weighted by molar-refractivity contribution is 5.95. The van der Waals surface area contributed by atoms with Crippen molar-refractivity contribution in [3.8, 4) is 17.4 Å². The standard InChI is InChI=1S/C19H23N3O4/c1-13-6-9-18(21-20-13)26-15-5-4-10-22(12-15)19(23)14-7-8-16(24-2)17(11-14)25-3/h6-9,11,15H,4-5,10,12H2,1-3H3. The minimum atomic E-state index is -0.0927. The van der Waals surface area contributed by atoms with Crippen molar-refractivity contribution in [2.24, 2.45) is 0 Å². The smallest absolute Gasteiger partial charge is 0.254 e. The Morgan fingerprint density at radius 2 is 1.92 bits per heavy atom. The molecule has 1 saturated heterocycles. The van der Waals surface area contributed by atoms with Crippen LogP contribution in [0.3, 0.4) is 0 Å². The van der Waals surface area contributed by atoms with Crippen molar-refractivity contribution >= 4 is 5.91 Å². The molecule has 3 rings (SSSR count). The van der Waals surface area contributed by atoms with Crippen LogP contribution >= 0.6 is 0 Å². The Balaban J connectivity index is 1.68. The van der Waals surface area contributed by atoms with Crippen molar-refractivity contribution in [2.45, 2.75) is 25.9 Å². The van der Waals surface area contributed by atoms with Crippen molar-refractivity contribution in [3.63, 3.8) is 0 Å². The van der Waals surface area contributed by atoms with Gasteiger partial charge in [-0.1, -0.05) is 0 Å². The Kier molecular flexibility index (Phi) is 5.55. The van der Waals surface area contributed by atoms with E-state index in [0.29, 0.717) is 36.0 Å². The van der Waals surface area contributed by atoms with E-state index >= 15 is 0 Å². The molecule has 1 fully saturated rings. The first kappa shape index (κ1) is 18.0. The first-order valence-electron chi connectivity index (χ1n) is 8.59. The van der Waals surface area contributed by atoms with Crippen LogP contribution in [-0.4, -0.2) is 54.4 Å². The molecule has 138 valence electrons. The number of carbonyl (C=O) groups excluding carboxylic acids is 1. The van der Waals surface area contributed by atoms with Crippen molar-refractivity contribution in [1.82, 2.24) is 15.1 Å². The van der Waals surface area contributed by atoms with Crippen LogP contribution in [0, 0.1) is 6.92 Å². The summed E-state index contributed by atoms with van der Waals surface area (Å²) in [7, 11) is 3.12. The molecule has 1 unspecified atom stereocenters. The molecular formula is C19H23N3O4. The lowest BCUT2D eigenvalue weighted by Gasteiger charge is -2.32.